The van der Waals surface area contributed by atoms with Crippen LogP contribution in [0.5, 0.6) is 0 Å². The molecule has 0 unspecified atom stereocenters. The Balaban J connectivity index is 1.54. The average Bonchev–Trinajstić information content (AvgIpc) is 3.09. The van der Waals surface area contributed by atoms with Crippen molar-refractivity contribution in [2.75, 3.05) is 0 Å². The first kappa shape index (κ1) is 18.1. The second kappa shape index (κ2) is 7.03. The van der Waals surface area contributed by atoms with Crippen molar-refractivity contribution in [1.82, 2.24) is 19.3 Å². The van der Waals surface area contributed by atoms with Gasteiger partial charge in [-0.05, 0) is 58.7 Å². The van der Waals surface area contributed by atoms with Gasteiger partial charge in [-0.3, -0.25) is 4.79 Å². The fourth-order valence-electron chi connectivity index (χ4n) is 3.47. The van der Waals surface area contributed by atoms with Gasteiger partial charge < -0.3 is 13.6 Å². The Morgan fingerprint density at radius 3 is 2.78 bits per heavy atom. The third kappa shape index (κ3) is 3.48. The van der Waals surface area contributed by atoms with Crippen LogP contribution in [0.4, 0.5) is 0 Å². The highest BCUT2D eigenvalue weighted by Gasteiger charge is 2.30. The van der Waals surface area contributed by atoms with Gasteiger partial charge in [-0.1, -0.05) is 11.8 Å². The first-order chi connectivity index (χ1) is 13.0. The lowest BCUT2D eigenvalue weighted by atomic mass is 10.1. The van der Waals surface area contributed by atoms with Gasteiger partial charge in [-0.2, -0.15) is 0 Å². The number of aromatic nitrogens is 4. The monoisotopic (exact) mass is 384 g/mol. The number of aryl methyl sites for hydroxylation is 2. The molecule has 0 spiro atoms. The number of thioether (sulfide) groups is 1. The summed E-state index contributed by atoms with van der Waals surface area (Å²) in [6.07, 6.45) is 4.01. The van der Waals surface area contributed by atoms with Crippen LogP contribution in [0.2, 0.25) is 0 Å². The summed E-state index contributed by atoms with van der Waals surface area (Å²) in [7, 11) is 0. The van der Waals surface area contributed by atoms with Gasteiger partial charge in [0, 0.05) is 23.0 Å². The first-order valence-electron chi connectivity index (χ1n) is 9.27. The molecule has 27 heavy (non-hydrogen) atoms. The van der Waals surface area contributed by atoms with Crippen LogP contribution in [-0.2, 0) is 6.54 Å². The minimum atomic E-state index is -0.219. The summed E-state index contributed by atoms with van der Waals surface area (Å²) in [5.41, 5.74) is 2.80. The highest BCUT2D eigenvalue weighted by atomic mass is 32.2. The van der Waals surface area contributed by atoms with Gasteiger partial charge in [0.25, 0.3) is 0 Å². The third-order valence-electron chi connectivity index (χ3n) is 5.13. The number of carbonyl (C=O) groups excluding carboxylic acids is 1. The second-order valence-corrected chi connectivity index (χ2v) is 8.51. The molecule has 0 saturated heterocycles. The van der Waals surface area contributed by atoms with E-state index >= 15 is 0 Å². The molecule has 0 N–H and O–H groups in total. The van der Waals surface area contributed by atoms with E-state index in [0.29, 0.717) is 12.6 Å². The van der Waals surface area contributed by atoms with E-state index in [1.54, 1.807) is 6.26 Å². The molecule has 4 rings (SSSR count). The summed E-state index contributed by atoms with van der Waals surface area (Å²) < 4.78 is 9.76. The molecule has 0 aromatic carbocycles. The maximum absolute atomic E-state index is 13.1. The number of rotatable bonds is 7. The summed E-state index contributed by atoms with van der Waals surface area (Å²) in [5, 5.41) is 9.13. The predicted molar refractivity (Wildman–Crippen MR) is 104 cm³/mol. The average molecular weight is 385 g/mol. The maximum atomic E-state index is 13.1. The molecule has 0 radical (unpaired) electrons. The normalized spacial score (nSPS) is 15.3. The van der Waals surface area contributed by atoms with E-state index in [1.165, 1.54) is 24.6 Å². The minimum absolute atomic E-state index is 0.127. The lowest BCUT2D eigenvalue weighted by Crippen LogP contribution is -2.16. The zero-order valence-electron chi connectivity index (χ0n) is 16.1. The molecule has 1 fully saturated rings. The van der Waals surface area contributed by atoms with Crippen molar-refractivity contribution in [1.29, 1.82) is 0 Å². The molecule has 1 saturated carbocycles. The molecule has 142 valence electrons. The predicted octanol–water partition coefficient (Wildman–Crippen LogP) is 4.34. The molecule has 1 aliphatic rings. The Morgan fingerprint density at radius 2 is 2.11 bits per heavy atom. The number of hydrogen-bond acceptors (Lipinski definition) is 5. The van der Waals surface area contributed by atoms with Crippen molar-refractivity contribution in [3.8, 4) is 0 Å². The maximum Gasteiger partial charge on any atom is 0.192 e. The van der Waals surface area contributed by atoms with Crippen LogP contribution >= 0.6 is 11.8 Å². The molecule has 3 heterocycles. The highest BCUT2D eigenvalue weighted by Crippen LogP contribution is 2.39. The Labute approximate surface area is 163 Å². The number of furan rings is 1. The van der Waals surface area contributed by atoms with Gasteiger partial charge in [0.05, 0.1) is 18.1 Å². The van der Waals surface area contributed by atoms with Crippen LogP contribution in [-0.4, -0.2) is 30.4 Å². The molecular weight excluding hydrogens is 360 g/mol. The summed E-state index contributed by atoms with van der Waals surface area (Å²) in [6, 6.07) is 6.32. The fraction of sp³-hybridized carbons (Fsp3) is 0.450. The molecule has 3 aromatic heterocycles. The number of nitrogens with zero attached hydrogens (tertiary/aromatic N) is 4. The van der Waals surface area contributed by atoms with Crippen molar-refractivity contribution in [2.24, 2.45) is 0 Å². The quantitative estimate of drug-likeness (QED) is 0.448. The first-order valence-corrected chi connectivity index (χ1v) is 10.1. The Hall–Kier alpha value is -2.28. The summed E-state index contributed by atoms with van der Waals surface area (Å²) in [5.74, 6) is 1.93. The Kier molecular flexibility index (Phi) is 4.72. The van der Waals surface area contributed by atoms with Crippen molar-refractivity contribution in [3.05, 3.63) is 53.0 Å². The van der Waals surface area contributed by atoms with Crippen molar-refractivity contribution in [2.45, 2.75) is 63.5 Å². The molecule has 1 aliphatic carbocycles. The zero-order valence-corrected chi connectivity index (χ0v) is 16.9. The SMILES string of the molecule is Cc1cc(C(=O)[C@H](C)Sc2nnc(C)n2C2CC2)c(C)n1Cc1ccco1. The molecule has 7 heteroatoms. The van der Waals surface area contributed by atoms with Gasteiger partial charge >= 0.3 is 0 Å². The molecular formula is C20H24N4O2S. The van der Waals surface area contributed by atoms with E-state index in [9.17, 15) is 4.79 Å². The van der Waals surface area contributed by atoms with E-state index in [1.807, 2.05) is 45.9 Å². The number of Topliss-reactive ketones (excluding diaryl/α,β-unsaturated/α-hetero) is 1. The van der Waals surface area contributed by atoms with E-state index in [4.69, 9.17) is 4.42 Å². The number of carbonyl (C=O) groups is 1. The third-order valence-corrected chi connectivity index (χ3v) is 6.19. The lowest BCUT2D eigenvalue weighted by Gasteiger charge is -2.12. The van der Waals surface area contributed by atoms with Crippen LogP contribution < -0.4 is 0 Å². The Bertz CT molecular complexity index is 967. The summed E-state index contributed by atoms with van der Waals surface area (Å²) >= 11 is 1.50. The highest BCUT2D eigenvalue weighted by molar-refractivity contribution is 8.00. The van der Waals surface area contributed by atoms with Gasteiger partial charge in [0.2, 0.25) is 0 Å². The number of ketones is 1. The molecule has 3 aromatic rings. The van der Waals surface area contributed by atoms with Crippen LogP contribution in [0, 0.1) is 20.8 Å². The summed E-state index contributed by atoms with van der Waals surface area (Å²) in [6.45, 7) is 8.58. The summed E-state index contributed by atoms with van der Waals surface area (Å²) in [4.78, 5) is 13.1. The van der Waals surface area contributed by atoms with Crippen molar-refractivity contribution in [3.63, 3.8) is 0 Å². The van der Waals surface area contributed by atoms with E-state index in [2.05, 4.69) is 19.3 Å². The van der Waals surface area contributed by atoms with Crippen molar-refractivity contribution < 1.29 is 9.21 Å². The molecule has 6 nitrogen and oxygen atoms in total. The van der Waals surface area contributed by atoms with Crippen molar-refractivity contribution >= 4 is 17.5 Å². The Morgan fingerprint density at radius 1 is 1.33 bits per heavy atom. The van der Waals surface area contributed by atoms with Crippen LogP contribution in [0.1, 0.15) is 59.1 Å². The lowest BCUT2D eigenvalue weighted by molar-refractivity contribution is 0.0993. The van der Waals surface area contributed by atoms with Gasteiger partial charge in [-0.25, -0.2) is 0 Å². The molecule has 0 aliphatic heterocycles. The standard InChI is InChI=1S/C20H24N4O2S/c1-12-10-18(13(2)23(12)11-17-6-5-9-26-17)19(25)14(3)27-20-22-21-15(4)24(20)16-7-8-16/h5-6,9-10,14,16H,7-8,11H2,1-4H3/t14-/m0/s1. The molecule has 1 atom stereocenters. The van der Waals surface area contributed by atoms with Crippen LogP contribution in [0.25, 0.3) is 0 Å². The molecule has 0 bridgehead atoms. The van der Waals surface area contributed by atoms with E-state index in [0.717, 1.165) is 33.7 Å². The minimum Gasteiger partial charge on any atom is -0.467 e. The van der Waals surface area contributed by atoms with Gasteiger partial charge in [0.15, 0.2) is 10.9 Å². The van der Waals surface area contributed by atoms with E-state index in [-0.39, 0.29) is 11.0 Å². The van der Waals surface area contributed by atoms with Gasteiger partial charge in [-0.15, -0.1) is 10.2 Å². The zero-order chi connectivity index (χ0) is 19.1. The number of hydrogen-bond donors (Lipinski definition) is 0. The fourth-order valence-corrected chi connectivity index (χ4v) is 4.50. The smallest absolute Gasteiger partial charge is 0.192 e. The van der Waals surface area contributed by atoms with Gasteiger partial charge in [0.1, 0.15) is 11.6 Å². The largest absolute Gasteiger partial charge is 0.467 e. The molecule has 0 amide bonds. The van der Waals surface area contributed by atoms with Crippen LogP contribution in [0.3, 0.4) is 0 Å². The topological polar surface area (TPSA) is 65.8 Å². The van der Waals surface area contributed by atoms with E-state index < -0.39 is 0 Å². The van der Waals surface area contributed by atoms with Crippen LogP contribution in [0.15, 0.2) is 34.0 Å². The second-order valence-electron chi connectivity index (χ2n) is 7.21.